The second-order valence-electron chi connectivity index (χ2n) is 9.73. The van der Waals surface area contributed by atoms with Gasteiger partial charge in [-0.15, -0.1) is 10.2 Å². The molecule has 2 aliphatic heterocycles. The zero-order valence-electron chi connectivity index (χ0n) is 20.5. The maximum Gasteiger partial charge on any atom is 0.407 e. The van der Waals surface area contributed by atoms with Gasteiger partial charge in [0.15, 0.2) is 0 Å². The highest BCUT2D eigenvalue weighted by atomic mass is 16.7. The van der Waals surface area contributed by atoms with Gasteiger partial charge in [0.05, 0.1) is 6.04 Å². The largest absolute Gasteiger partial charge is 0.444 e. The number of hydrogen-bond donors (Lipinski definition) is 2. The van der Waals surface area contributed by atoms with Crippen LogP contribution >= 0.6 is 0 Å². The molecule has 2 saturated heterocycles. The van der Waals surface area contributed by atoms with Gasteiger partial charge in [-0.05, 0) is 39.2 Å². The van der Waals surface area contributed by atoms with E-state index in [-0.39, 0.29) is 18.1 Å². The first-order chi connectivity index (χ1) is 16.8. The number of urea groups is 1. The fraction of sp³-hybridized carbons (Fsp3) is 0.583. The van der Waals surface area contributed by atoms with Crippen LogP contribution in [-0.4, -0.2) is 70.1 Å². The average molecular weight is 487 g/mol. The van der Waals surface area contributed by atoms with Crippen LogP contribution in [0.4, 0.5) is 9.59 Å². The number of nitrogens with one attached hydrogen (secondary N) is 2. The number of alkyl carbamates (subject to hydrolysis) is 1. The molecule has 11 nitrogen and oxygen atoms in total. The number of aromatic nitrogens is 2. The van der Waals surface area contributed by atoms with Crippen molar-refractivity contribution in [3.8, 4) is 0 Å². The quantitative estimate of drug-likeness (QED) is 0.492. The summed E-state index contributed by atoms with van der Waals surface area (Å²) in [6.45, 7) is 8.07. The zero-order valence-corrected chi connectivity index (χ0v) is 20.5. The van der Waals surface area contributed by atoms with Crippen LogP contribution in [-0.2, 0) is 22.6 Å². The van der Waals surface area contributed by atoms with E-state index < -0.39 is 11.7 Å². The minimum absolute atomic E-state index is 0.0309. The van der Waals surface area contributed by atoms with Crippen LogP contribution in [0.3, 0.4) is 0 Å². The van der Waals surface area contributed by atoms with E-state index in [2.05, 4.69) is 20.8 Å². The molecule has 1 aromatic carbocycles. The van der Waals surface area contributed by atoms with Gasteiger partial charge in [-0.2, -0.15) is 5.06 Å². The third-order valence-electron chi connectivity index (χ3n) is 5.79. The van der Waals surface area contributed by atoms with Crippen molar-refractivity contribution in [1.29, 1.82) is 0 Å². The van der Waals surface area contributed by atoms with Crippen LogP contribution in [0.1, 0.15) is 57.0 Å². The zero-order chi connectivity index (χ0) is 24.8. The first-order valence-electron chi connectivity index (χ1n) is 12.1. The molecule has 3 amide bonds. The van der Waals surface area contributed by atoms with Gasteiger partial charge >= 0.3 is 12.1 Å². The van der Waals surface area contributed by atoms with E-state index >= 15 is 0 Å². The molecule has 1 aromatic heterocycles. The molecule has 3 heterocycles. The Morgan fingerprint density at radius 1 is 1.14 bits per heavy atom. The second-order valence-corrected chi connectivity index (χ2v) is 9.73. The molecule has 2 fully saturated rings. The lowest BCUT2D eigenvalue weighted by Gasteiger charge is -2.27. The van der Waals surface area contributed by atoms with Gasteiger partial charge in [0.1, 0.15) is 18.2 Å². The summed E-state index contributed by atoms with van der Waals surface area (Å²) in [7, 11) is 0. The summed E-state index contributed by atoms with van der Waals surface area (Å²) in [5.74, 6) is 0.974. The summed E-state index contributed by atoms with van der Waals surface area (Å²) in [5, 5.41) is 15.8. The number of rotatable bonds is 10. The van der Waals surface area contributed by atoms with Crippen molar-refractivity contribution in [3.63, 3.8) is 0 Å². The lowest BCUT2D eigenvalue weighted by molar-refractivity contribution is -0.140. The molecular formula is C24H34N6O5. The van der Waals surface area contributed by atoms with Crippen LogP contribution in [0.25, 0.3) is 0 Å². The molecule has 2 N–H and O–H groups in total. The number of carbonyl (C=O) groups excluding carboxylic acids is 2. The third-order valence-corrected chi connectivity index (χ3v) is 5.79. The maximum atomic E-state index is 13.0. The van der Waals surface area contributed by atoms with Gasteiger partial charge in [0.2, 0.25) is 11.8 Å². The SMILES string of the molecule is CC(C)(C)OC(=O)NCCNCCc1nnc([C@@H]2CC[C@@H]3CN2C(=O)N3OCc2ccccc2)o1. The predicted octanol–water partition coefficient (Wildman–Crippen LogP) is 2.80. The van der Waals surface area contributed by atoms with Crippen molar-refractivity contribution in [1.82, 2.24) is 30.8 Å². The van der Waals surface area contributed by atoms with Crippen molar-refractivity contribution in [2.45, 2.75) is 64.3 Å². The van der Waals surface area contributed by atoms with E-state index in [1.165, 1.54) is 5.06 Å². The normalized spacial score (nSPS) is 19.8. The van der Waals surface area contributed by atoms with Gasteiger partial charge in [0, 0.05) is 32.6 Å². The van der Waals surface area contributed by atoms with Gasteiger partial charge < -0.3 is 24.7 Å². The predicted molar refractivity (Wildman–Crippen MR) is 126 cm³/mol. The number of ether oxygens (including phenoxy) is 1. The monoisotopic (exact) mass is 486 g/mol. The van der Waals surface area contributed by atoms with E-state index in [0.29, 0.717) is 51.0 Å². The summed E-state index contributed by atoms with van der Waals surface area (Å²) in [6, 6.07) is 9.43. The molecule has 2 bridgehead atoms. The Morgan fingerprint density at radius 2 is 1.94 bits per heavy atom. The summed E-state index contributed by atoms with van der Waals surface area (Å²) in [4.78, 5) is 32.2. The van der Waals surface area contributed by atoms with Gasteiger partial charge in [-0.3, -0.25) is 4.84 Å². The number of carbonyl (C=O) groups is 2. The molecule has 0 aliphatic carbocycles. The Balaban J connectivity index is 1.20. The average Bonchev–Trinajstić information content (AvgIpc) is 3.38. The van der Waals surface area contributed by atoms with Crippen LogP contribution in [0.15, 0.2) is 34.7 Å². The molecule has 0 spiro atoms. The number of fused-ring (bicyclic) bond motifs is 2. The van der Waals surface area contributed by atoms with E-state index in [1.807, 2.05) is 51.1 Å². The van der Waals surface area contributed by atoms with E-state index in [1.54, 1.807) is 4.90 Å². The Hall–Kier alpha value is -3.18. The Kier molecular flexibility index (Phi) is 7.86. The van der Waals surface area contributed by atoms with Crippen molar-refractivity contribution < 1.29 is 23.6 Å². The van der Waals surface area contributed by atoms with Crippen LogP contribution in [0.5, 0.6) is 0 Å². The minimum atomic E-state index is -0.514. The molecule has 0 radical (unpaired) electrons. The Morgan fingerprint density at radius 3 is 2.71 bits per heavy atom. The molecule has 11 heteroatoms. The number of piperidine rings is 1. The van der Waals surface area contributed by atoms with Gasteiger partial charge in [-0.25, -0.2) is 9.59 Å². The fourth-order valence-electron chi connectivity index (χ4n) is 4.16. The van der Waals surface area contributed by atoms with Gasteiger partial charge in [-0.1, -0.05) is 30.3 Å². The van der Waals surface area contributed by atoms with Crippen LogP contribution in [0, 0.1) is 0 Å². The molecule has 0 saturated carbocycles. The molecule has 2 aromatic rings. The van der Waals surface area contributed by atoms with Crippen molar-refractivity contribution in [2.75, 3.05) is 26.2 Å². The lowest BCUT2D eigenvalue weighted by Crippen LogP contribution is -2.36. The first-order valence-corrected chi connectivity index (χ1v) is 12.1. The van der Waals surface area contributed by atoms with Crippen molar-refractivity contribution in [2.24, 2.45) is 0 Å². The Bertz CT molecular complexity index is 992. The smallest absolute Gasteiger partial charge is 0.407 e. The van der Waals surface area contributed by atoms with Crippen molar-refractivity contribution >= 4 is 12.1 Å². The fourth-order valence-corrected chi connectivity index (χ4v) is 4.16. The number of hydrogen-bond acceptors (Lipinski definition) is 8. The van der Waals surface area contributed by atoms with Crippen LogP contribution < -0.4 is 10.6 Å². The highest BCUT2D eigenvalue weighted by molar-refractivity contribution is 5.77. The maximum absolute atomic E-state index is 13.0. The summed E-state index contributed by atoms with van der Waals surface area (Å²) in [5.41, 5.74) is 0.503. The topological polar surface area (TPSA) is 122 Å². The van der Waals surface area contributed by atoms with Crippen molar-refractivity contribution in [3.05, 3.63) is 47.7 Å². The second kappa shape index (κ2) is 11.0. The van der Waals surface area contributed by atoms with E-state index in [9.17, 15) is 9.59 Å². The third kappa shape index (κ3) is 6.70. The Labute approximate surface area is 205 Å². The number of benzene rings is 1. The summed E-state index contributed by atoms with van der Waals surface area (Å²) >= 11 is 0. The molecule has 190 valence electrons. The first kappa shape index (κ1) is 24.9. The summed E-state index contributed by atoms with van der Waals surface area (Å²) < 4.78 is 11.1. The highest BCUT2D eigenvalue weighted by Gasteiger charge is 2.47. The number of amides is 3. The number of hydroxylamine groups is 2. The van der Waals surface area contributed by atoms with E-state index in [4.69, 9.17) is 14.0 Å². The highest BCUT2D eigenvalue weighted by Crippen LogP contribution is 2.38. The molecule has 2 atom stereocenters. The van der Waals surface area contributed by atoms with Gasteiger partial charge in [0.25, 0.3) is 0 Å². The lowest BCUT2D eigenvalue weighted by atomic mass is 10.0. The standard InChI is InChI=1S/C24H34N6O5/c1-24(2,3)35-22(31)26-14-13-25-12-11-20-27-28-21(34-20)19-10-9-18-15-29(19)23(32)30(18)33-16-17-7-5-4-6-8-17/h4-8,18-19,25H,9-16H2,1-3H3,(H,26,31)/t18-,19+/m1/s1. The molecule has 35 heavy (non-hydrogen) atoms. The molecule has 0 unspecified atom stereocenters. The number of nitrogens with zero attached hydrogens (tertiary/aromatic N) is 4. The van der Waals surface area contributed by atoms with E-state index in [0.717, 1.165) is 18.4 Å². The molecule has 2 aliphatic rings. The molecule has 4 rings (SSSR count). The molecular weight excluding hydrogens is 452 g/mol. The minimum Gasteiger partial charge on any atom is -0.444 e. The summed E-state index contributed by atoms with van der Waals surface area (Å²) in [6.07, 6.45) is 1.68. The van der Waals surface area contributed by atoms with Crippen LogP contribution in [0.2, 0.25) is 0 Å².